The number of aryl methyl sites for hydroxylation is 2. The topological polar surface area (TPSA) is 90.7 Å². The summed E-state index contributed by atoms with van der Waals surface area (Å²) in [7, 11) is 0. The Balaban J connectivity index is 1.69. The minimum Gasteiger partial charge on any atom is -0.482 e. The summed E-state index contributed by atoms with van der Waals surface area (Å²) in [5.41, 5.74) is 1.30. The maximum absolute atomic E-state index is 12.7. The molecule has 0 aliphatic heterocycles. The van der Waals surface area contributed by atoms with Crippen molar-refractivity contribution < 1.29 is 23.6 Å². The second-order valence-electron chi connectivity index (χ2n) is 6.29. The zero-order valence-electron chi connectivity index (χ0n) is 15.8. The van der Waals surface area contributed by atoms with Crippen molar-refractivity contribution in [2.24, 2.45) is 0 Å². The van der Waals surface area contributed by atoms with Crippen molar-refractivity contribution in [3.63, 3.8) is 0 Å². The fourth-order valence-electron chi connectivity index (χ4n) is 2.59. The lowest BCUT2D eigenvalue weighted by molar-refractivity contribution is -0.156. The molecular weight excluding hydrogens is 396 g/mol. The summed E-state index contributed by atoms with van der Waals surface area (Å²) in [5.74, 6) is 0.0307. The van der Waals surface area contributed by atoms with Crippen molar-refractivity contribution >= 4 is 29.3 Å². The Hall–Kier alpha value is -3.32. The molecule has 1 N–H and O–H groups in total. The maximum atomic E-state index is 12.7. The number of esters is 1. The monoisotopic (exact) mass is 414 g/mol. The minimum atomic E-state index is -1.17. The fraction of sp³-hybridized carbons (Fsp3) is 0.190. The summed E-state index contributed by atoms with van der Waals surface area (Å²) in [6.07, 6.45) is -1.17. The van der Waals surface area contributed by atoms with Gasteiger partial charge in [0.25, 0.3) is 5.91 Å². The summed E-state index contributed by atoms with van der Waals surface area (Å²) in [6.45, 7) is 3.16. The molecule has 1 heterocycles. The summed E-state index contributed by atoms with van der Waals surface area (Å²) in [4.78, 5) is 25.1. The zero-order chi connectivity index (χ0) is 20.8. The molecule has 2 aromatic carbocycles. The van der Waals surface area contributed by atoms with E-state index < -0.39 is 18.0 Å². The standard InChI is InChI=1S/C21H19ClN2O5/c1-13-10-16(22)8-9-17(13)27-12-19(25)28-20(15-6-4-3-5-7-15)21(26)23-18-11-14(2)29-24-18/h3-11,20H,12H2,1-2H3,(H,23,24,26). The molecule has 0 saturated heterocycles. The molecule has 3 rings (SSSR count). The first kappa shape index (κ1) is 20.4. The van der Waals surface area contributed by atoms with E-state index in [1.165, 1.54) is 0 Å². The van der Waals surface area contributed by atoms with Gasteiger partial charge in [0.05, 0.1) is 0 Å². The van der Waals surface area contributed by atoms with Crippen LogP contribution in [-0.4, -0.2) is 23.6 Å². The largest absolute Gasteiger partial charge is 0.482 e. The molecule has 0 spiro atoms. The van der Waals surface area contributed by atoms with E-state index >= 15 is 0 Å². The number of aromatic nitrogens is 1. The zero-order valence-corrected chi connectivity index (χ0v) is 16.6. The molecule has 0 bridgehead atoms. The van der Waals surface area contributed by atoms with Crippen LogP contribution in [0.25, 0.3) is 0 Å². The Kier molecular flexibility index (Phi) is 6.51. The quantitative estimate of drug-likeness (QED) is 0.581. The fourth-order valence-corrected chi connectivity index (χ4v) is 2.82. The Morgan fingerprint density at radius 3 is 2.55 bits per heavy atom. The van der Waals surface area contributed by atoms with E-state index in [1.807, 2.05) is 6.92 Å². The molecule has 1 aromatic heterocycles. The molecule has 0 aliphatic rings. The number of benzene rings is 2. The molecule has 1 atom stereocenters. The number of anilines is 1. The number of amides is 1. The molecule has 1 amide bonds. The molecule has 8 heteroatoms. The molecule has 0 radical (unpaired) electrons. The van der Waals surface area contributed by atoms with Crippen molar-refractivity contribution in [2.45, 2.75) is 20.0 Å². The van der Waals surface area contributed by atoms with E-state index in [-0.39, 0.29) is 12.4 Å². The lowest BCUT2D eigenvalue weighted by atomic mass is 10.1. The Labute approximate surface area is 172 Å². The van der Waals surface area contributed by atoms with Gasteiger partial charge < -0.3 is 19.3 Å². The van der Waals surface area contributed by atoms with Crippen LogP contribution in [0.5, 0.6) is 5.75 Å². The van der Waals surface area contributed by atoms with Crippen molar-refractivity contribution in [2.75, 3.05) is 11.9 Å². The van der Waals surface area contributed by atoms with Crippen LogP contribution in [-0.2, 0) is 14.3 Å². The third kappa shape index (κ3) is 5.58. The first-order valence-corrected chi connectivity index (χ1v) is 9.18. The van der Waals surface area contributed by atoms with Gasteiger partial charge in [-0.2, -0.15) is 0 Å². The SMILES string of the molecule is Cc1cc(NC(=O)C(OC(=O)COc2ccc(Cl)cc2C)c2ccccc2)no1. The van der Waals surface area contributed by atoms with Gasteiger partial charge in [-0.05, 0) is 37.6 Å². The van der Waals surface area contributed by atoms with Crippen LogP contribution >= 0.6 is 11.6 Å². The summed E-state index contributed by atoms with van der Waals surface area (Å²) >= 11 is 5.92. The van der Waals surface area contributed by atoms with Gasteiger partial charge in [0.15, 0.2) is 12.4 Å². The predicted molar refractivity (Wildman–Crippen MR) is 107 cm³/mol. The molecule has 0 saturated carbocycles. The molecule has 150 valence electrons. The number of hydrogen-bond acceptors (Lipinski definition) is 6. The van der Waals surface area contributed by atoms with Gasteiger partial charge >= 0.3 is 5.97 Å². The van der Waals surface area contributed by atoms with Crippen LogP contribution in [0.4, 0.5) is 5.82 Å². The highest BCUT2D eigenvalue weighted by molar-refractivity contribution is 6.30. The Morgan fingerprint density at radius 2 is 1.90 bits per heavy atom. The first-order valence-electron chi connectivity index (χ1n) is 8.80. The minimum absolute atomic E-state index is 0.234. The number of rotatable bonds is 7. The van der Waals surface area contributed by atoms with E-state index in [2.05, 4.69) is 10.5 Å². The van der Waals surface area contributed by atoms with Gasteiger partial charge in [-0.1, -0.05) is 47.1 Å². The number of nitrogens with one attached hydrogen (secondary N) is 1. The number of nitrogens with zero attached hydrogens (tertiary/aromatic N) is 1. The number of carbonyl (C=O) groups excluding carboxylic acids is 2. The summed E-state index contributed by atoms with van der Waals surface area (Å²) in [5, 5.41) is 6.87. The average molecular weight is 415 g/mol. The first-order chi connectivity index (χ1) is 13.9. The van der Waals surface area contributed by atoms with Crippen LogP contribution in [0.3, 0.4) is 0 Å². The van der Waals surface area contributed by atoms with Crippen molar-refractivity contribution in [1.29, 1.82) is 0 Å². The highest BCUT2D eigenvalue weighted by Gasteiger charge is 2.26. The number of carbonyl (C=O) groups is 2. The third-order valence-electron chi connectivity index (χ3n) is 3.95. The van der Waals surface area contributed by atoms with E-state index in [4.69, 9.17) is 25.6 Å². The lowest BCUT2D eigenvalue weighted by Gasteiger charge is -2.17. The second kappa shape index (κ2) is 9.25. The normalized spacial score (nSPS) is 11.6. The number of hydrogen-bond donors (Lipinski definition) is 1. The molecule has 3 aromatic rings. The summed E-state index contributed by atoms with van der Waals surface area (Å²) < 4.78 is 15.8. The van der Waals surface area contributed by atoms with Gasteiger partial charge in [0.2, 0.25) is 6.10 Å². The van der Waals surface area contributed by atoms with Crippen molar-refractivity contribution in [3.8, 4) is 5.75 Å². The molecular formula is C21H19ClN2O5. The van der Waals surface area contributed by atoms with Crippen molar-refractivity contribution in [1.82, 2.24) is 5.16 Å². The number of halogens is 1. The third-order valence-corrected chi connectivity index (χ3v) is 4.19. The van der Waals surface area contributed by atoms with Gasteiger partial charge in [-0.3, -0.25) is 4.79 Å². The van der Waals surface area contributed by atoms with Crippen LogP contribution < -0.4 is 10.1 Å². The van der Waals surface area contributed by atoms with Gasteiger partial charge in [0, 0.05) is 16.7 Å². The number of ether oxygens (including phenoxy) is 2. The Bertz CT molecular complexity index is 1000. The van der Waals surface area contributed by atoms with Crippen molar-refractivity contribution in [3.05, 3.63) is 76.5 Å². The second-order valence-corrected chi connectivity index (χ2v) is 6.73. The van der Waals surface area contributed by atoms with E-state index in [0.29, 0.717) is 22.1 Å². The molecule has 7 nitrogen and oxygen atoms in total. The van der Waals surface area contributed by atoms with Gasteiger partial charge in [0.1, 0.15) is 11.5 Å². The maximum Gasteiger partial charge on any atom is 0.345 e. The van der Waals surface area contributed by atoms with Crippen LogP contribution in [0.15, 0.2) is 59.1 Å². The predicted octanol–water partition coefficient (Wildman–Crippen LogP) is 4.25. The van der Waals surface area contributed by atoms with Crippen LogP contribution in [0.1, 0.15) is 23.0 Å². The van der Waals surface area contributed by atoms with E-state index in [9.17, 15) is 9.59 Å². The van der Waals surface area contributed by atoms with E-state index in [1.54, 1.807) is 61.5 Å². The average Bonchev–Trinajstić information content (AvgIpc) is 3.10. The smallest absolute Gasteiger partial charge is 0.345 e. The highest BCUT2D eigenvalue weighted by atomic mass is 35.5. The van der Waals surface area contributed by atoms with E-state index in [0.717, 1.165) is 5.56 Å². The van der Waals surface area contributed by atoms with Crippen LogP contribution in [0.2, 0.25) is 5.02 Å². The highest BCUT2D eigenvalue weighted by Crippen LogP contribution is 2.23. The van der Waals surface area contributed by atoms with Gasteiger partial charge in [-0.25, -0.2) is 4.79 Å². The van der Waals surface area contributed by atoms with Gasteiger partial charge in [-0.15, -0.1) is 0 Å². The molecule has 0 aliphatic carbocycles. The summed E-state index contributed by atoms with van der Waals surface area (Å²) in [6, 6.07) is 15.3. The molecule has 0 fully saturated rings. The molecule has 1 unspecified atom stereocenters. The van der Waals surface area contributed by atoms with Crippen LogP contribution in [0, 0.1) is 13.8 Å². The Morgan fingerprint density at radius 1 is 1.14 bits per heavy atom. The molecule has 29 heavy (non-hydrogen) atoms. The lowest BCUT2D eigenvalue weighted by Crippen LogP contribution is -2.28.